The van der Waals surface area contributed by atoms with Crippen LogP contribution in [0.2, 0.25) is 0 Å². The van der Waals surface area contributed by atoms with Gasteiger partial charge in [-0.25, -0.2) is 0 Å². The summed E-state index contributed by atoms with van der Waals surface area (Å²) in [5, 5.41) is 5.48. The zero-order valence-corrected chi connectivity index (χ0v) is 10.6. The SMILES string of the molecule is CNC(c1ccc(C)nc1)c1ccsc1C. The van der Waals surface area contributed by atoms with E-state index in [4.69, 9.17) is 0 Å². The minimum atomic E-state index is 0.249. The highest BCUT2D eigenvalue weighted by Crippen LogP contribution is 2.27. The Bertz CT molecular complexity index is 459. The lowest BCUT2D eigenvalue weighted by atomic mass is 10.0. The number of aryl methyl sites for hydroxylation is 2. The highest BCUT2D eigenvalue weighted by molar-refractivity contribution is 7.10. The number of rotatable bonds is 3. The van der Waals surface area contributed by atoms with Crippen molar-refractivity contribution < 1.29 is 0 Å². The summed E-state index contributed by atoms with van der Waals surface area (Å²) in [6.07, 6.45) is 1.95. The van der Waals surface area contributed by atoms with E-state index in [2.05, 4.69) is 40.8 Å². The van der Waals surface area contributed by atoms with Crippen molar-refractivity contribution in [2.75, 3.05) is 7.05 Å². The lowest BCUT2D eigenvalue weighted by Gasteiger charge is -2.16. The first-order chi connectivity index (χ1) is 7.72. The number of nitrogens with one attached hydrogen (secondary N) is 1. The maximum atomic E-state index is 4.35. The van der Waals surface area contributed by atoms with Crippen LogP contribution in [0.1, 0.15) is 27.7 Å². The van der Waals surface area contributed by atoms with Crippen molar-refractivity contribution >= 4 is 11.3 Å². The number of hydrogen-bond acceptors (Lipinski definition) is 3. The van der Waals surface area contributed by atoms with Crippen LogP contribution in [0.15, 0.2) is 29.8 Å². The Morgan fingerprint density at radius 1 is 1.25 bits per heavy atom. The minimum absolute atomic E-state index is 0.249. The molecule has 2 nitrogen and oxygen atoms in total. The topological polar surface area (TPSA) is 24.9 Å². The van der Waals surface area contributed by atoms with E-state index in [0.717, 1.165) is 5.69 Å². The van der Waals surface area contributed by atoms with E-state index in [1.165, 1.54) is 16.0 Å². The molecular formula is C13H16N2S. The average Bonchev–Trinajstić information content (AvgIpc) is 2.69. The van der Waals surface area contributed by atoms with Gasteiger partial charge >= 0.3 is 0 Å². The van der Waals surface area contributed by atoms with Crippen LogP contribution in [0.4, 0.5) is 0 Å². The third-order valence-electron chi connectivity index (χ3n) is 2.77. The van der Waals surface area contributed by atoms with Crippen LogP contribution in [-0.4, -0.2) is 12.0 Å². The molecule has 0 fully saturated rings. The summed E-state index contributed by atoms with van der Waals surface area (Å²) in [7, 11) is 1.99. The molecule has 2 heterocycles. The fourth-order valence-corrected chi connectivity index (χ4v) is 2.59. The first-order valence-corrected chi connectivity index (χ1v) is 6.24. The fourth-order valence-electron chi connectivity index (χ4n) is 1.85. The molecule has 0 bridgehead atoms. The van der Waals surface area contributed by atoms with E-state index in [-0.39, 0.29) is 6.04 Å². The van der Waals surface area contributed by atoms with Gasteiger partial charge in [0, 0.05) is 16.8 Å². The molecule has 2 rings (SSSR count). The smallest absolute Gasteiger partial charge is 0.0600 e. The van der Waals surface area contributed by atoms with Crippen molar-refractivity contribution in [3.63, 3.8) is 0 Å². The molecule has 0 saturated carbocycles. The highest BCUT2D eigenvalue weighted by atomic mass is 32.1. The van der Waals surface area contributed by atoms with Crippen molar-refractivity contribution in [2.45, 2.75) is 19.9 Å². The maximum absolute atomic E-state index is 4.35. The number of nitrogens with zero attached hydrogens (tertiary/aromatic N) is 1. The summed E-state index contributed by atoms with van der Waals surface area (Å²) in [4.78, 5) is 5.71. The van der Waals surface area contributed by atoms with Crippen molar-refractivity contribution in [1.29, 1.82) is 0 Å². The number of pyridine rings is 1. The van der Waals surface area contributed by atoms with Gasteiger partial charge in [0.25, 0.3) is 0 Å². The molecule has 1 N–H and O–H groups in total. The third-order valence-corrected chi connectivity index (χ3v) is 3.63. The molecule has 0 spiro atoms. The van der Waals surface area contributed by atoms with Crippen LogP contribution < -0.4 is 5.32 Å². The highest BCUT2D eigenvalue weighted by Gasteiger charge is 2.14. The van der Waals surface area contributed by atoms with Crippen LogP contribution in [0, 0.1) is 13.8 Å². The quantitative estimate of drug-likeness (QED) is 0.879. The maximum Gasteiger partial charge on any atom is 0.0600 e. The molecule has 0 radical (unpaired) electrons. The minimum Gasteiger partial charge on any atom is -0.309 e. The monoisotopic (exact) mass is 232 g/mol. The van der Waals surface area contributed by atoms with Gasteiger partial charge in [-0.1, -0.05) is 6.07 Å². The Kier molecular flexibility index (Phi) is 3.36. The Balaban J connectivity index is 2.37. The van der Waals surface area contributed by atoms with E-state index in [9.17, 15) is 0 Å². The van der Waals surface area contributed by atoms with Crippen molar-refractivity contribution in [3.05, 3.63) is 51.5 Å². The summed E-state index contributed by atoms with van der Waals surface area (Å²) < 4.78 is 0. The zero-order valence-electron chi connectivity index (χ0n) is 9.82. The van der Waals surface area contributed by atoms with Gasteiger partial charge in [-0.3, -0.25) is 4.98 Å². The van der Waals surface area contributed by atoms with Gasteiger partial charge in [-0.2, -0.15) is 0 Å². The predicted octanol–water partition coefficient (Wildman–Crippen LogP) is 3.07. The van der Waals surface area contributed by atoms with Crippen LogP contribution in [0.3, 0.4) is 0 Å². The molecule has 2 aromatic rings. The molecule has 3 heteroatoms. The van der Waals surface area contributed by atoms with Crippen molar-refractivity contribution in [1.82, 2.24) is 10.3 Å². The van der Waals surface area contributed by atoms with E-state index in [1.54, 1.807) is 11.3 Å². The summed E-state index contributed by atoms with van der Waals surface area (Å²) in [5.74, 6) is 0. The summed E-state index contributed by atoms with van der Waals surface area (Å²) in [6, 6.07) is 6.63. The van der Waals surface area contributed by atoms with Gasteiger partial charge in [-0.15, -0.1) is 11.3 Å². The lowest BCUT2D eigenvalue weighted by Crippen LogP contribution is -2.18. The Morgan fingerprint density at radius 2 is 2.06 bits per heavy atom. The van der Waals surface area contributed by atoms with E-state index in [0.29, 0.717) is 0 Å². The molecule has 0 aliphatic heterocycles. The molecule has 0 amide bonds. The number of thiophene rings is 1. The molecule has 1 atom stereocenters. The molecule has 0 aliphatic rings. The van der Waals surface area contributed by atoms with Gasteiger partial charge in [0.1, 0.15) is 0 Å². The molecule has 16 heavy (non-hydrogen) atoms. The molecular weight excluding hydrogens is 216 g/mol. The van der Waals surface area contributed by atoms with Gasteiger partial charge in [0.05, 0.1) is 6.04 Å². The van der Waals surface area contributed by atoms with Crippen LogP contribution in [0.5, 0.6) is 0 Å². The van der Waals surface area contributed by atoms with Gasteiger partial charge < -0.3 is 5.32 Å². The largest absolute Gasteiger partial charge is 0.309 e. The number of aromatic nitrogens is 1. The molecule has 0 aliphatic carbocycles. The van der Waals surface area contributed by atoms with Gasteiger partial charge in [0.15, 0.2) is 0 Å². The van der Waals surface area contributed by atoms with Gasteiger partial charge in [-0.05, 0) is 49.5 Å². The second-order valence-electron chi connectivity index (χ2n) is 3.89. The fraction of sp³-hybridized carbons (Fsp3) is 0.308. The Hall–Kier alpha value is -1.19. The second-order valence-corrected chi connectivity index (χ2v) is 5.01. The molecule has 2 aromatic heterocycles. The van der Waals surface area contributed by atoms with E-state index in [1.807, 2.05) is 20.2 Å². The first kappa shape index (κ1) is 11.3. The first-order valence-electron chi connectivity index (χ1n) is 5.36. The number of hydrogen-bond donors (Lipinski definition) is 1. The van der Waals surface area contributed by atoms with E-state index >= 15 is 0 Å². The second kappa shape index (κ2) is 4.76. The Morgan fingerprint density at radius 3 is 2.56 bits per heavy atom. The Labute approximate surface area is 100 Å². The summed E-state index contributed by atoms with van der Waals surface area (Å²) >= 11 is 1.79. The standard InChI is InChI=1S/C13H16N2S/c1-9-4-5-11(8-15-9)13(14-3)12-6-7-16-10(12)2/h4-8,13-14H,1-3H3. The summed E-state index contributed by atoms with van der Waals surface area (Å²) in [5.41, 5.74) is 3.62. The molecule has 84 valence electrons. The normalized spacial score (nSPS) is 12.7. The van der Waals surface area contributed by atoms with Crippen molar-refractivity contribution in [3.8, 4) is 0 Å². The predicted molar refractivity (Wildman–Crippen MR) is 68.9 cm³/mol. The van der Waals surface area contributed by atoms with Crippen LogP contribution >= 0.6 is 11.3 Å². The van der Waals surface area contributed by atoms with Gasteiger partial charge in [0.2, 0.25) is 0 Å². The van der Waals surface area contributed by atoms with Crippen LogP contribution in [-0.2, 0) is 0 Å². The van der Waals surface area contributed by atoms with Crippen molar-refractivity contribution in [2.24, 2.45) is 0 Å². The lowest BCUT2D eigenvalue weighted by molar-refractivity contribution is 0.687. The third kappa shape index (κ3) is 2.15. The van der Waals surface area contributed by atoms with E-state index < -0.39 is 0 Å². The zero-order chi connectivity index (χ0) is 11.5. The molecule has 1 unspecified atom stereocenters. The molecule has 0 aromatic carbocycles. The van der Waals surface area contributed by atoms with Crippen LogP contribution in [0.25, 0.3) is 0 Å². The summed E-state index contributed by atoms with van der Waals surface area (Å²) in [6.45, 7) is 4.17. The molecule has 0 saturated heterocycles. The average molecular weight is 232 g/mol.